The van der Waals surface area contributed by atoms with Gasteiger partial charge in [0, 0.05) is 5.56 Å². The van der Waals surface area contributed by atoms with E-state index in [-0.39, 0.29) is 5.41 Å². The predicted octanol–water partition coefficient (Wildman–Crippen LogP) is 2.34. The van der Waals surface area contributed by atoms with Crippen LogP contribution in [-0.2, 0) is 10.2 Å². The zero-order valence-electron chi connectivity index (χ0n) is 7.89. The summed E-state index contributed by atoms with van der Waals surface area (Å²) in [7, 11) is 0. The van der Waals surface area contributed by atoms with Gasteiger partial charge in [-0.3, -0.25) is 4.79 Å². The Labute approximate surface area is 72.6 Å². The van der Waals surface area contributed by atoms with Crippen LogP contribution in [0.1, 0.15) is 37.7 Å². The molecule has 2 heteroatoms. The average Bonchev–Trinajstić information content (AvgIpc) is 2.29. The molecule has 0 fully saturated rings. The molecule has 0 atom stereocenters. The van der Waals surface area contributed by atoms with Crippen LogP contribution < -0.4 is 0 Å². The van der Waals surface area contributed by atoms with E-state index in [2.05, 4.69) is 0 Å². The van der Waals surface area contributed by atoms with Gasteiger partial charge in [-0.1, -0.05) is 20.8 Å². The van der Waals surface area contributed by atoms with Gasteiger partial charge in [0.05, 0.1) is 11.8 Å². The highest BCUT2D eigenvalue weighted by atomic mass is 16.3. The van der Waals surface area contributed by atoms with Crippen molar-refractivity contribution in [2.45, 2.75) is 33.1 Å². The Bertz CT molecular complexity index is 289. The van der Waals surface area contributed by atoms with E-state index >= 15 is 0 Å². The average molecular weight is 165 g/mol. The van der Waals surface area contributed by atoms with Crippen LogP contribution in [0.2, 0.25) is 0 Å². The number of furan rings is 1. The SMILES string of the molecule is Cc1occ(C(C)(C)C)c1[C]=O. The molecule has 0 N–H and O–H groups in total. The van der Waals surface area contributed by atoms with Crippen LogP contribution in [0.25, 0.3) is 0 Å². The number of hydrogen-bond donors (Lipinski definition) is 0. The summed E-state index contributed by atoms with van der Waals surface area (Å²) in [6.45, 7) is 7.89. The molecule has 0 aromatic carbocycles. The second-order valence-corrected chi connectivity index (χ2v) is 3.93. The van der Waals surface area contributed by atoms with E-state index in [1.54, 1.807) is 13.2 Å². The second kappa shape index (κ2) is 2.77. The molecule has 65 valence electrons. The van der Waals surface area contributed by atoms with Crippen molar-refractivity contribution in [2.75, 3.05) is 0 Å². The van der Waals surface area contributed by atoms with E-state index in [1.807, 2.05) is 27.1 Å². The molecule has 0 saturated heterocycles. The fourth-order valence-electron chi connectivity index (χ4n) is 1.13. The molecule has 1 aromatic rings. The Hall–Kier alpha value is -1.05. The van der Waals surface area contributed by atoms with Gasteiger partial charge in [-0.2, -0.15) is 0 Å². The van der Waals surface area contributed by atoms with Crippen LogP contribution >= 0.6 is 0 Å². The first-order valence-corrected chi connectivity index (χ1v) is 3.93. The summed E-state index contributed by atoms with van der Waals surface area (Å²) in [6.07, 6.45) is 3.54. The molecule has 0 amide bonds. The summed E-state index contributed by atoms with van der Waals surface area (Å²) >= 11 is 0. The van der Waals surface area contributed by atoms with E-state index in [0.717, 1.165) is 5.56 Å². The molecule has 1 heterocycles. The second-order valence-electron chi connectivity index (χ2n) is 3.93. The summed E-state index contributed by atoms with van der Waals surface area (Å²) in [5, 5.41) is 0. The van der Waals surface area contributed by atoms with E-state index < -0.39 is 0 Å². The lowest BCUT2D eigenvalue weighted by molar-refractivity contribution is 0.516. The first-order chi connectivity index (χ1) is 5.46. The standard InChI is InChI=1S/C10H13O2/c1-7-8(5-11)9(6-12-7)10(2,3)4/h6H,1-4H3. The number of hydrogen-bond acceptors (Lipinski definition) is 2. The Kier molecular flexibility index (Phi) is 2.09. The maximum Gasteiger partial charge on any atom is 0.237 e. The molecule has 1 aromatic heterocycles. The van der Waals surface area contributed by atoms with Gasteiger partial charge in [-0.05, 0) is 12.3 Å². The van der Waals surface area contributed by atoms with Gasteiger partial charge >= 0.3 is 0 Å². The molecule has 0 unspecified atom stereocenters. The van der Waals surface area contributed by atoms with Crippen LogP contribution in [0.3, 0.4) is 0 Å². The molecular formula is C10H13O2. The maximum absolute atomic E-state index is 10.6. The van der Waals surface area contributed by atoms with Crippen LogP contribution in [0, 0.1) is 6.92 Å². The van der Waals surface area contributed by atoms with Crippen molar-refractivity contribution in [3.63, 3.8) is 0 Å². The van der Waals surface area contributed by atoms with Crippen molar-refractivity contribution in [3.8, 4) is 0 Å². The summed E-state index contributed by atoms with van der Waals surface area (Å²) in [5.41, 5.74) is 1.45. The zero-order chi connectivity index (χ0) is 9.35. The maximum atomic E-state index is 10.6. The minimum Gasteiger partial charge on any atom is -0.469 e. The van der Waals surface area contributed by atoms with Crippen molar-refractivity contribution < 1.29 is 9.21 Å². The van der Waals surface area contributed by atoms with Crippen molar-refractivity contribution in [1.29, 1.82) is 0 Å². The summed E-state index contributed by atoms with van der Waals surface area (Å²) in [4.78, 5) is 10.6. The zero-order valence-corrected chi connectivity index (χ0v) is 7.89. The fourth-order valence-corrected chi connectivity index (χ4v) is 1.13. The van der Waals surface area contributed by atoms with E-state index in [9.17, 15) is 4.79 Å². The van der Waals surface area contributed by atoms with Crippen molar-refractivity contribution >= 4 is 6.29 Å². The molecule has 0 aliphatic carbocycles. The molecule has 0 aliphatic heterocycles. The van der Waals surface area contributed by atoms with Gasteiger partial charge in [-0.15, -0.1) is 0 Å². The third-order valence-electron chi connectivity index (χ3n) is 1.89. The van der Waals surface area contributed by atoms with Crippen LogP contribution in [0.15, 0.2) is 10.7 Å². The monoisotopic (exact) mass is 165 g/mol. The lowest BCUT2D eigenvalue weighted by Gasteiger charge is -2.16. The molecule has 0 aliphatic rings. The smallest absolute Gasteiger partial charge is 0.237 e. The van der Waals surface area contributed by atoms with Gasteiger partial charge in [-0.25, -0.2) is 0 Å². The van der Waals surface area contributed by atoms with Gasteiger partial charge < -0.3 is 4.42 Å². The molecule has 12 heavy (non-hydrogen) atoms. The van der Waals surface area contributed by atoms with Crippen LogP contribution in [0.5, 0.6) is 0 Å². The van der Waals surface area contributed by atoms with Crippen molar-refractivity contribution in [2.24, 2.45) is 0 Å². The van der Waals surface area contributed by atoms with Crippen LogP contribution in [0.4, 0.5) is 0 Å². The topological polar surface area (TPSA) is 30.2 Å². The molecule has 2 nitrogen and oxygen atoms in total. The highest BCUT2D eigenvalue weighted by Crippen LogP contribution is 2.27. The van der Waals surface area contributed by atoms with Gasteiger partial charge in [0.25, 0.3) is 0 Å². The minimum absolute atomic E-state index is 0.0511. The number of rotatable bonds is 1. The van der Waals surface area contributed by atoms with Gasteiger partial charge in [0.1, 0.15) is 5.76 Å². The Morgan fingerprint density at radius 3 is 2.33 bits per heavy atom. The molecular weight excluding hydrogens is 152 g/mol. The molecule has 1 rings (SSSR count). The lowest BCUT2D eigenvalue weighted by Crippen LogP contribution is -2.12. The summed E-state index contributed by atoms with van der Waals surface area (Å²) < 4.78 is 5.15. The first-order valence-electron chi connectivity index (χ1n) is 3.93. The first kappa shape index (κ1) is 9.04. The van der Waals surface area contributed by atoms with Gasteiger partial charge in [0.2, 0.25) is 6.29 Å². The van der Waals surface area contributed by atoms with Crippen LogP contribution in [-0.4, -0.2) is 6.29 Å². The molecule has 0 saturated carbocycles. The fraction of sp³-hybridized carbons (Fsp3) is 0.500. The lowest BCUT2D eigenvalue weighted by atomic mass is 9.86. The predicted molar refractivity (Wildman–Crippen MR) is 46.9 cm³/mol. The molecule has 0 bridgehead atoms. The minimum atomic E-state index is -0.0511. The quantitative estimate of drug-likeness (QED) is 0.639. The van der Waals surface area contributed by atoms with E-state index in [0.29, 0.717) is 11.3 Å². The van der Waals surface area contributed by atoms with Crippen molar-refractivity contribution in [3.05, 3.63) is 23.2 Å². The summed E-state index contributed by atoms with van der Waals surface area (Å²) in [6, 6.07) is 0. The third-order valence-corrected chi connectivity index (χ3v) is 1.89. The highest BCUT2D eigenvalue weighted by molar-refractivity contribution is 5.79. The Morgan fingerprint density at radius 2 is 2.00 bits per heavy atom. The number of aryl methyl sites for hydroxylation is 1. The largest absolute Gasteiger partial charge is 0.469 e. The molecule has 1 radical (unpaired) electrons. The van der Waals surface area contributed by atoms with Crippen molar-refractivity contribution in [1.82, 2.24) is 0 Å². The highest BCUT2D eigenvalue weighted by Gasteiger charge is 2.22. The number of carbonyl (C=O) groups excluding carboxylic acids is 1. The molecule has 0 spiro atoms. The van der Waals surface area contributed by atoms with E-state index in [4.69, 9.17) is 4.42 Å². The Morgan fingerprint density at radius 1 is 1.42 bits per heavy atom. The van der Waals surface area contributed by atoms with Gasteiger partial charge in [0.15, 0.2) is 0 Å². The van der Waals surface area contributed by atoms with E-state index in [1.165, 1.54) is 0 Å². The Balaban J connectivity index is 3.25. The summed E-state index contributed by atoms with van der Waals surface area (Å²) in [5.74, 6) is 0.648. The third kappa shape index (κ3) is 1.42. The normalized spacial score (nSPS) is 11.7.